The normalized spacial score (nSPS) is 33.2. The van der Waals surface area contributed by atoms with Crippen molar-refractivity contribution in [1.29, 1.82) is 0 Å². The predicted molar refractivity (Wildman–Crippen MR) is 66.9 cm³/mol. The lowest BCUT2D eigenvalue weighted by atomic mass is 9.89. The number of hydrogen-bond acceptors (Lipinski definition) is 3. The molecule has 0 aromatic heterocycles. The van der Waals surface area contributed by atoms with Crippen molar-refractivity contribution in [3.8, 4) is 0 Å². The van der Waals surface area contributed by atoms with Crippen molar-refractivity contribution in [2.45, 2.75) is 44.7 Å². The highest BCUT2D eigenvalue weighted by Crippen LogP contribution is 2.31. The van der Waals surface area contributed by atoms with E-state index in [0.29, 0.717) is 25.6 Å². The third-order valence-corrected chi connectivity index (χ3v) is 4.56. The van der Waals surface area contributed by atoms with E-state index in [1.807, 2.05) is 18.9 Å². The van der Waals surface area contributed by atoms with Gasteiger partial charge in [0, 0.05) is 12.5 Å². The SMILES string of the molecule is CCC1C(=O)N(C2CCC2)CC[N+]1(C)C(=O)OC. The maximum absolute atomic E-state index is 12.5. The van der Waals surface area contributed by atoms with Gasteiger partial charge >= 0.3 is 6.09 Å². The lowest BCUT2D eigenvalue weighted by Crippen LogP contribution is -2.70. The lowest BCUT2D eigenvalue weighted by Gasteiger charge is -2.47. The van der Waals surface area contributed by atoms with Gasteiger partial charge in [0.2, 0.25) is 0 Å². The fraction of sp³-hybridized carbons (Fsp3) is 0.846. The van der Waals surface area contributed by atoms with Crippen molar-refractivity contribution < 1.29 is 18.8 Å². The number of carbonyl (C=O) groups excluding carboxylic acids is 2. The number of nitrogens with zero attached hydrogens (tertiary/aromatic N) is 2. The first-order chi connectivity index (χ1) is 8.54. The second kappa shape index (κ2) is 4.88. The first-order valence-electron chi connectivity index (χ1n) is 6.78. The molecule has 0 spiro atoms. The molecule has 18 heavy (non-hydrogen) atoms. The van der Waals surface area contributed by atoms with Crippen molar-refractivity contribution in [2.75, 3.05) is 27.2 Å². The fourth-order valence-electron chi connectivity index (χ4n) is 3.08. The van der Waals surface area contributed by atoms with E-state index in [1.165, 1.54) is 13.5 Å². The molecule has 2 amide bonds. The zero-order valence-corrected chi connectivity index (χ0v) is 11.5. The molecule has 0 aromatic rings. The molecular formula is C13H23N2O3+. The van der Waals surface area contributed by atoms with E-state index in [-0.39, 0.29) is 22.5 Å². The maximum atomic E-state index is 12.5. The molecule has 2 aliphatic rings. The first kappa shape index (κ1) is 13.3. The fourth-order valence-corrected chi connectivity index (χ4v) is 3.08. The van der Waals surface area contributed by atoms with E-state index < -0.39 is 0 Å². The molecule has 1 aliphatic heterocycles. The number of rotatable bonds is 2. The first-order valence-corrected chi connectivity index (χ1v) is 6.78. The lowest BCUT2D eigenvalue weighted by molar-refractivity contribution is -0.858. The van der Waals surface area contributed by atoms with Gasteiger partial charge in [0.1, 0.15) is 6.54 Å². The van der Waals surface area contributed by atoms with Crippen molar-refractivity contribution in [2.24, 2.45) is 0 Å². The van der Waals surface area contributed by atoms with E-state index in [1.54, 1.807) is 0 Å². The molecule has 0 bridgehead atoms. The molecule has 5 nitrogen and oxygen atoms in total. The van der Waals surface area contributed by atoms with E-state index in [0.717, 1.165) is 12.8 Å². The monoisotopic (exact) mass is 255 g/mol. The molecule has 0 aromatic carbocycles. The number of carbonyl (C=O) groups is 2. The zero-order valence-electron chi connectivity index (χ0n) is 11.5. The number of piperazine rings is 1. The maximum Gasteiger partial charge on any atom is 0.516 e. The summed E-state index contributed by atoms with van der Waals surface area (Å²) in [5, 5.41) is 0. The summed E-state index contributed by atoms with van der Waals surface area (Å²) in [7, 11) is 3.21. The standard InChI is InChI=1S/C13H23N2O3/c1-4-11-12(16)14(10-6-5-7-10)8-9-15(11,2)13(17)18-3/h10-11H,4-9H2,1-3H3/q+1. The third kappa shape index (κ3) is 1.90. The van der Waals surface area contributed by atoms with Crippen LogP contribution >= 0.6 is 0 Å². The van der Waals surface area contributed by atoms with E-state index in [9.17, 15) is 9.59 Å². The summed E-state index contributed by atoms with van der Waals surface area (Å²) >= 11 is 0. The molecule has 0 N–H and O–H groups in total. The summed E-state index contributed by atoms with van der Waals surface area (Å²) in [5.74, 6) is 0.126. The van der Waals surface area contributed by atoms with Gasteiger partial charge in [-0.1, -0.05) is 6.92 Å². The van der Waals surface area contributed by atoms with Gasteiger partial charge in [-0.05, 0) is 19.3 Å². The zero-order chi connectivity index (χ0) is 13.3. The Labute approximate surface area is 108 Å². The Morgan fingerprint density at radius 1 is 1.50 bits per heavy atom. The average molecular weight is 255 g/mol. The number of hydrogen-bond donors (Lipinski definition) is 0. The van der Waals surface area contributed by atoms with Gasteiger partial charge in [-0.3, -0.25) is 4.79 Å². The molecular weight excluding hydrogens is 232 g/mol. The van der Waals surface area contributed by atoms with Crippen LogP contribution in [0.5, 0.6) is 0 Å². The Kier molecular flexibility index (Phi) is 3.61. The molecule has 2 rings (SSSR count). The van der Waals surface area contributed by atoms with Gasteiger partial charge in [0.05, 0.1) is 20.7 Å². The predicted octanol–water partition coefficient (Wildman–Crippen LogP) is 1.37. The molecule has 1 saturated heterocycles. The molecule has 1 aliphatic carbocycles. The quantitative estimate of drug-likeness (QED) is 0.700. The van der Waals surface area contributed by atoms with Crippen molar-refractivity contribution in [3.63, 3.8) is 0 Å². The van der Waals surface area contributed by atoms with Gasteiger partial charge in [-0.2, -0.15) is 4.79 Å². The van der Waals surface area contributed by atoms with Crippen LogP contribution in [0.3, 0.4) is 0 Å². The van der Waals surface area contributed by atoms with Crippen LogP contribution in [-0.2, 0) is 9.53 Å². The number of likely N-dealkylation sites (N-methyl/N-ethyl adjacent to an activating group) is 1. The van der Waals surface area contributed by atoms with Crippen molar-refractivity contribution in [1.82, 2.24) is 4.90 Å². The number of quaternary nitrogens is 1. The largest absolute Gasteiger partial charge is 0.516 e. The summed E-state index contributed by atoms with van der Waals surface area (Å²) in [6, 6.07) is 0.129. The Balaban J connectivity index is 2.18. The van der Waals surface area contributed by atoms with Gasteiger partial charge in [0.25, 0.3) is 5.91 Å². The minimum atomic E-state index is -0.302. The molecule has 1 heterocycles. The Morgan fingerprint density at radius 2 is 2.17 bits per heavy atom. The van der Waals surface area contributed by atoms with Crippen LogP contribution in [0.25, 0.3) is 0 Å². The van der Waals surface area contributed by atoms with Crippen LogP contribution < -0.4 is 0 Å². The highest BCUT2D eigenvalue weighted by Gasteiger charge is 2.51. The summed E-state index contributed by atoms with van der Waals surface area (Å²) < 4.78 is 4.96. The Morgan fingerprint density at radius 3 is 2.61 bits per heavy atom. The van der Waals surface area contributed by atoms with Crippen molar-refractivity contribution in [3.05, 3.63) is 0 Å². The molecule has 102 valence electrons. The summed E-state index contributed by atoms with van der Waals surface area (Å²) in [4.78, 5) is 26.5. The number of ether oxygens (including phenoxy) is 1. The van der Waals surface area contributed by atoms with Crippen LogP contribution in [-0.4, -0.2) is 60.7 Å². The average Bonchev–Trinajstić information content (AvgIpc) is 2.30. The van der Waals surface area contributed by atoms with Crippen LogP contribution in [0.15, 0.2) is 0 Å². The van der Waals surface area contributed by atoms with E-state index in [4.69, 9.17) is 4.74 Å². The highest BCUT2D eigenvalue weighted by atomic mass is 16.5. The minimum absolute atomic E-state index is 0.0923. The van der Waals surface area contributed by atoms with Crippen LogP contribution in [0, 0.1) is 0 Å². The van der Waals surface area contributed by atoms with Gasteiger partial charge in [-0.15, -0.1) is 0 Å². The second-order valence-corrected chi connectivity index (χ2v) is 5.50. The number of methoxy groups -OCH3 is 1. The summed E-state index contributed by atoms with van der Waals surface area (Å²) in [6.07, 6.45) is 3.82. The molecule has 2 fully saturated rings. The summed E-state index contributed by atoms with van der Waals surface area (Å²) in [6.45, 7) is 3.30. The van der Waals surface area contributed by atoms with Crippen LogP contribution in [0.2, 0.25) is 0 Å². The van der Waals surface area contributed by atoms with Crippen molar-refractivity contribution >= 4 is 12.0 Å². The van der Waals surface area contributed by atoms with Gasteiger partial charge in [-0.25, -0.2) is 4.48 Å². The topological polar surface area (TPSA) is 46.6 Å². The van der Waals surface area contributed by atoms with Gasteiger partial charge < -0.3 is 9.64 Å². The van der Waals surface area contributed by atoms with E-state index >= 15 is 0 Å². The smallest absolute Gasteiger partial charge is 0.423 e. The third-order valence-electron chi connectivity index (χ3n) is 4.56. The van der Waals surface area contributed by atoms with E-state index in [2.05, 4.69) is 0 Å². The molecule has 0 radical (unpaired) electrons. The molecule has 2 atom stereocenters. The van der Waals surface area contributed by atoms with Crippen LogP contribution in [0.1, 0.15) is 32.6 Å². The Hall–Kier alpha value is -1.10. The number of amides is 2. The van der Waals surface area contributed by atoms with Crippen LogP contribution in [0.4, 0.5) is 4.79 Å². The molecule has 2 unspecified atom stereocenters. The minimum Gasteiger partial charge on any atom is -0.423 e. The molecule has 1 saturated carbocycles. The molecule has 5 heteroatoms. The highest BCUT2D eigenvalue weighted by molar-refractivity contribution is 5.83. The van der Waals surface area contributed by atoms with Gasteiger partial charge in [0.15, 0.2) is 6.04 Å². The second-order valence-electron chi connectivity index (χ2n) is 5.50. The Bertz CT molecular complexity index is 354. The summed E-state index contributed by atoms with van der Waals surface area (Å²) in [5.41, 5.74) is 0.